The van der Waals surface area contributed by atoms with Gasteiger partial charge in [0.1, 0.15) is 24.3 Å². The van der Waals surface area contributed by atoms with Gasteiger partial charge < -0.3 is 19.3 Å². The predicted octanol–water partition coefficient (Wildman–Crippen LogP) is 5.12. The predicted molar refractivity (Wildman–Crippen MR) is 138 cm³/mol. The first kappa shape index (κ1) is 23.1. The zero-order chi connectivity index (χ0) is 24.4. The number of hydrogen-bond acceptors (Lipinski definition) is 4. The third-order valence-electron chi connectivity index (χ3n) is 6.62. The molecule has 0 unspecified atom stereocenters. The second-order valence-corrected chi connectivity index (χ2v) is 9.50. The molecular weight excluding hydrogens is 438 g/mol. The zero-order valence-corrected chi connectivity index (χ0v) is 20.2. The summed E-state index contributed by atoms with van der Waals surface area (Å²) in [5.41, 5.74) is 3.97. The summed E-state index contributed by atoms with van der Waals surface area (Å²) in [4.78, 5) is 19.6. The molecule has 0 saturated carbocycles. The van der Waals surface area contributed by atoms with Crippen molar-refractivity contribution in [2.45, 2.75) is 44.8 Å². The number of carbonyl (C=O) groups is 1. The number of nitrogens with zero attached hydrogens (tertiary/aromatic N) is 3. The van der Waals surface area contributed by atoms with Gasteiger partial charge in [0.2, 0.25) is 5.91 Å². The highest BCUT2D eigenvalue weighted by Crippen LogP contribution is 2.33. The highest BCUT2D eigenvalue weighted by Gasteiger charge is 2.35. The fourth-order valence-electron chi connectivity index (χ4n) is 4.74. The highest BCUT2D eigenvalue weighted by atomic mass is 16.5. The largest absolute Gasteiger partial charge is 0.491 e. The molecule has 0 radical (unpaired) electrons. The summed E-state index contributed by atoms with van der Waals surface area (Å²) in [5, 5.41) is 10.9. The lowest BCUT2D eigenvalue weighted by atomic mass is 10.0. The van der Waals surface area contributed by atoms with Gasteiger partial charge in [0, 0.05) is 24.6 Å². The highest BCUT2D eigenvalue weighted by molar-refractivity contribution is 5.96. The molecule has 1 aliphatic rings. The number of benzene rings is 3. The fourth-order valence-corrected chi connectivity index (χ4v) is 4.74. The number of rotatable bonds is 8. The first-order chi connectivity index (χ1) is 17.0. The van der Waals surface area contributed by atoms with Crippen molar-refractivity contribution in [3.8, 4) is 5.75 Å². The molecule has 1 amide bonds. The molecule has 5 rings (SSSR count). The van der Waals surface area contributed by atoms with E-state index in [1.165, 1.54) is 5.56 Å². The number of ether oxygens (including phenoxy) is 1. The van der Waals surface area contributed by atoms with Crippen molar-refractivity contribution in [1.29, 1.82) is 0 Å². The van der Waals surface area contributed by atoms with E-state index in [0.717, 1.165) is 28.3 Å². The Morgan fingerprint density at radius 1 is 1.00 bits per heavy atom. The molecule has 0 bridgehead atoms. The molecule has 0 spiro atoms. The van der Waals surface area contributed by atoms with E-state index in [0.29, 0.717) is 25.4 Å². The van der Waals surface area contributed by atoms with Crippen LogP contribution in [0.3, 0.4) is 0 Å². The maximum Gasteiger partial charge on any atom is 0.227 e. The van der Waals surface area contributed by atoms with E-state index in [4.69, 9.17) is 9.72 Å². The van der Waals surface area contributed by atoms with Gasteiger partial charge in [-0.3, -0.25) is 4.79 Å². The number of carbonyl (C=O) groups excluding carboxylic acids is 1. The minimum atomic E-state index is -0.724. The first-order valence-electron chi connectivity index (χ1n) is 12.2. The monoisotopic (exact) mass is 469 g/mol. The van der Waals surface area contributed by atoms with Crippen LogP contribution in [0.5, 0.6) is 5.75 Å². The fraction of sp³-hybridized carbons (Fsp3) is 0.310. The number of imidazole rings is 1. The van der Waals surface area contributed by atoms with Gasteiger partial charge >= 0.3 is 0 Å². The molecule has 2 heterocycles. The average Bonchev–Trinajstić information content (AvgIpc) is 3.44. The number of aliphatic hydroxyl groups is 1. The normalized spacial score (nSPS) is 16.9. The Labute approximate surface area is 205 Å². The molecular formula is C29H31N3O3. The van der Waals surface area contributed by atoms with Crippen molar-refractivity contribution >= 4 is 22.6 Å². The summed E-state index contributed by atoms with van der Waals surface area (Å²) in [5.74, 6) is 2.07. The van der Waals surface area contributed by atoms with Crippen LogP contribution in [0.1, 0.15) is 43.5 Å². The molecule has 2 atom stereocenters. The minimum absolute atomic E-state index is 0.0493. The lowest BCUT2D eigenvalue weighted by molar-refractivity contribution is -0.117. The number of aromatic nitrogens is 2. The molecule has 6 heteroatoms. The SMILES string of the molecule is CC(C)c1ccc(OC[C@@H](O)Cn2c([C@@H]3CC(=O)N(c4ccccc4)C3)nc3ccccc32)cc1. The third kappa shape index (κ3) is 4.93. The van der Waals surface area contributed by atoms with Crippen LogP contribution < -0.4 is 9.64 Å². The number of fused-ring (bicyclic) bond motifs is 1. The number of amides is 1. The molecule has 35 heavy (non-hydrogen) atoms. The molecule has 6 nitrogen and oxygen atoms in total. The van der Waals surface area contributed by atoms with E-state index in [1.807, 2.05) is 71.6 Å². The van der Waals surface area contributed by atoms with Crippen LogP contribution in [0, 0.1) is 0 Å². The molecule has 4 aromatic rings. The summed E-state index contributed by atoms with van der Waals surface area (Å²) < 4.78 is 7.93. The second kappa shape index (κ2) is 9.92. The van der Waals surface area contributed by atoms with Crippen LogP contribution >= 0.6 is 0 Å². The maximum absolute atomic E-state index is 12.9. The first-order valence-corrected chi connectivity index (χ1v) is 12.2. The lowest BCUT2D eigenvalue weighted by Gasteiger charge is -2.19. The molecule has 1 N–H and O–H groups in total. The van der Waals surface area contributed by atoms with Crippen molar-refractivity contribution in [2.24, 2.45) is 0 Å². The quantitative estimate of drug-likeness (QED) is 0.389. The molecule has 0 aliphatic carbocycles. The van der Waals surface area contributed by atoms with Gasteiger partial charge in [0.15, 0.2) is 0 Å². The smallest absolute Gasteiger partial charge is 0.227 e. The van der Waals surface area contributed by atoms with E-state index in [9.17, 15) is 9.90 Å². The molecule has 1 saturated heterocycles. The minimum Gasteiger partial charge on any atom is -0.491 e. The Bertz CT molecular complexity index is 1300. The molecule has 180 valence electrons. The van der Waals surface area contributed by atoms with Gasteiger partial charge in [0.25, 0.3) is 0 Å². The number of aliphatic hydroxyl groups excluding tert-OH is 1. The van der Waals surface area contributed by atoms with Crippen LogP contribution in [0.15, 0.2) is 78.9 Å². The van der Waals surface area contributed by atoms with Crippen molar-refractivity contribution in [1.82, 2.24) is 9.55 Å². The summed E-state index contributed by atoms with van der Waals surface area (Å²) in [6.07, 6.45) is -0.328. The van der Waals surface area contributed by atoms with Crippen molar-refractivity contribution in [2.75, 3.05) is 18.1 Å². The van der Waals surface area contributed by atoms with Crippen LogP contribution in [0.2, 0.25) is 0 Å². The van der Waals surface area contributed by atoms with Gasteiger partial charge in [-0.15, -0.1) is 0 Å². The van der Waals surface area contributed by atoms with E-state index >= 15 is 0 Å². The van der Waals surface area contributed by atoms with Gasteiger partial charge in [-0.25, -0.2) is 4.98 Å². The van der Waals surface area contributed by atoms with Gasteiger partial charge in [-0.05, 0) is 47.9 Å². The van der Waals surface area contributed by atoms with E-state index in [2.05, 4.69) is 30.5 Å². The summed E-state index contributed by atoms with van der Waals surface area (Å²) >= 11 is 0. The van der Waals surface area contributed by atoms with Crippen LogP contribution in [-0.4, -0.2) is 39.8 Å². The lowest BCUT2D eigenvalue weighted by Crippen LogP contribution is -2.26. The summed E-state index contributed by atoms with van der Waals surface area (Å²) in [6.45, 7) is 5.40. The summed E-state index contributed by atoms with van der Waals surface area (Å²) in [6, 6.07) is 25.7. The number of para-hydroxylation sites is 3. The van der Waals surface area contributed by atoms with Crippen molar-refractivity contribution in [3.05, 3.63) is 90.3 Å². The standard InChI is InChI=1S/C29H31N3O3/c1-20(2)21-12-14-25(15-13-21)35-19-24(33)18-32-27-11-7-6-10-26(27)30-29(32)22-16-28(34)31(17-22)23-8-4-3-5-9-23/h3-15,20,22,24,33H,16-19H2,1-2H3/t22-,24+/m1/s1. The Morgan fingerprint density at radius 3 is 2.46 bits per heavy atom. The van der Waals surface area contributed by atoms with Gasteiger partial charge in [-0.2, -0.15) is 0 Å². The van der Waals surface area contributed by atoms with Crippen molar-refractivity contribution in [3.63, 3.8) is 0 Å². The van der Waals surface area contributed by atoms with Crippen molar-refractivity contribution < 1.29 is 14.6 Å². The molecule has 1 aromatic heterocycles. The Morgan fingerprint density at radius 2 is 1.71 bits per heavy atom. The average molecular weight is 470 g/mol. The van der Waals surface area contributed by atoms with E-state index in [1.54, 1.807) is 0 Å². The van der Waals surface area contributed by atoms with E-state index < -0.39 is 6.10 Å². The zero-order valence-electron chi connectivity index (χ0n) is 20.2. The Kier molecular flexibility index (Phi) is 6.55. The van der Waals surface area contributed by atoms with Crippen LogP contribution in [-0.2, 0) is 11.3 Å². The van der Waals surface area contributed by atoms with E-state index in [-0.39, 0.29) is 18.4 Å². The molecule has 1 fully saturated rings. The second-order valence-electron chi connectivity index (χ2n) is 9.50. The number of hydrogen-bond donors (Lipinski definition) is 1. The molecule has 3 aromatic carbocycles. The Balaban J connectivity index is 1.34. The maximum atomic E-state index is 12.9. The summed E-state index contributed by atoms with van der Waals surface area (Å²) in [7, 11) is 0. The third-order valence-corrected chi connectivity index (χ3v) is 6.62. The van der Waals surface area contributed by atoms with Crippen LogP contribution in [0.25, 0.3) is 11.0 Å². The van der Waals surface area contributed by atoms with Crippen LogP contribution in [0.4, 0.5) is 5.69 Å². The number of anilines is 1. The van der Waals surface area contributed by atoms with Gasteiger partial charge in [-0.1, -0.05) is 56.3 Å². The Hall–Kier alpha value is -3.64. The topological polar surface area (TPSA) is 67.6 Å². The molecule has 1 aliphatic heterocycles. The van der Waals surface area contributed by atoms with Gasteiger partial charge in [0.05, 0.1) is 17.6 Å².